The molecule has 0 bridgehead atoms. The molecule has 1 aromatic heterocycles. The molecule has 4 heteroatoms. The van der Waals surface area contributed by atoms with Gasteiger partial charge in [-0.25, -0.2) is 4.98 Å². The van der Waals surface area contributed by atoms with Crippen molar-refractivity contribution < 1.29 is 5.11 Å². The maximum atomic E-state index is 9.35. The second-order valence-corrected chi connectivity index (χ2v) is 5.47. The molecule has 0 atom stereocenters. The van der Waals surface area contributed by atoms with Crippen LogP contribution in [0.5, 0.6) is 0 Å². The van der Waals surface area contributed by atoms with E-state index in [2.05, 4.69) is 41.1 Å². The molecule has 3 nitrogen and oxygen atoms in total. The molecule has 0 radical (unpaired) electrons. The highest BCUT2D eigenvalue weighted by Crippen LogP contribution is 2.37. The normalized spacial score (nSPS) is 14.0. The lowest BCUT2D eigenvalue weighted by Gasteiger charge is -2.15. The van der Waals surface area contributed by atoms with Gasteiger partial charge in [0.15, 0.2) is 5.13 Å². The summed E-state index contributed by atoms with van der Waals surface area (Å²) in [5, 5.41) is 10.4. The van der Waals surface area contributed by atoms with E-state index in [4.69, 9.17) is 0 Å². The first-order valence-corrected chi connectivity index (χ1v) is 7.10. The predicted molar refractivity (Wildman–Crippen MR) is 74.6 cm³/mol. The third kappa shape index (κ3) is 1.82. The highest BCUT2D eigenvalue weighted by molar-refractivity contribution is 7.15. The molecular weight excluding hydrogens is 244 g/mol. The Labute approximate surface area is 111 Å². The van der Waals surface area contributed by atoms with Crippen molar-refractivity contribution in [3.05, 3.63) is 40.4 Å². The van der Waals surface area contributed by atoms with Gasteiger partial charge in [0.1, 0.15) is 0 Å². The van der Waals surface area contributed by atoms with Gasteiger partial charge in [0.2, 0.25) is 0 Å². The van der Waals surface area contributed by atoms with Crippen molar-refractivity contribution in [2.75, 3.05) is 11.4 Å². The van der Waals surface area contributed by atoms with Crippen LogP contribution in [0.2, 0.25) is 0 Å². The van der Waals surface area contributed by atoms with Crippen molar-refractivity contribution in [2.24, 2.45) is 0 Å². The molecule has 94 valence electrons. The smallest absolute Gasteiger partial charge is 0.190 e. The zero-order chi connectivity index (χ0) is 12.5. The summed E-state index contributed by atoms with van der Waals surface area (Å²) in [5.41, 5.74) is 3.68. The molecule has 1 aliphatic heterocycles. The topological polar surface area (TPSA) is 36.4 Å². The number of fused-ring (bicyclic) bond motifs is 1. The van der Waals surface area contributed by atoms with E-state index < -0.39 is 0 Å². The van der Waals surface area contributed by atoms with Gasteiger partial charge in [0.05, 0.1) is 17.2 Å². The number of anilines is 2. The zero-order valence-electron chi connectivity index (χ0n) is 10.4. The van der Waals surface area contributed by atoms with Gasteiger partial charge in [0.25, 0.3) is 0 Å². The molecule has 0 spiro atoms. The maximum absolute atomic E-state index is 9.35. The van der Waals surface area contributed by atoms with Gasteiger partial charge in [-0.1, -0.05) is 36.5 Å². The molecule has 0 fully saturated rings. The second-order valence-electron chi connectivity index (χ2n) is 4.41. The van der Waals surface area contributed by atoms with Crippen LogP contribution in [-0.4, -0.2) is 16.6 Å². The van der Waals surface area contributed by atoms with Gasteiger partial charge in [-0.2, -0.15) is 0 Å². The molecule has 0 aliphatic carbocycles. The van der Waals surface area contributed by atoms with Gasteiger partial charge in [-0.15, -0.1) is 0 Å². The minimum absolute atomic E-state index is 0.0936. The number of hydrogen-bond acceptors (Lipinski definition) is 4. The molecule has 0 saturated heterocycles. The molecule has 0 unspecified atom stereocenters. The summed E-state index contributed by atoms with van der Waals surface area (Å²) in [5.74, 6) is 0. The molecule has 1 aromatic carbocycles. The van der Waals surface area contributed by atoms with Gasteiger partial charge in [0, 0.05) is 12.2 Å². The summed E-state index contributed by atoms with van der Waals surface area (Å²) < 4.78 is 0. The lowest BCUT2D eigenvalue weighted by molar-refractivity contribution is 0.284. The molecule has 1 N–H and O–H groups in total. The summed E-state index contributed by atoms with van der Waals surface area (Å²) in [6.45, 7) is 3.16. The SMILES string of the molecule is CCc1nc(N2CCc3ccccc32)sc1CO. The molecule has 18 heavy (non-hydrogen) atoms. The van der Waals surface area contributed by atoms with E-state index in [0.717, 1.165) is 35.1 Å². The van der Waals surface area contributed by atoms with E-state index in [9.17, 15) is 5.11 Å². The summed E-state index contributed by atoms with van der Waals surface area (Å²) >= 11 is 1.61. The first kappa shape index (κ1) is 11.7. The first-order chi connectivity index (χ1) is 8.83. The number of para-hydroxylation sites is 1. The molecule has 3 rings (SSSR count). The third-order valence-corrected chi connectivity index (χ3v) is 4.47. The van der Waals surface area contributed by atoms with E-state index in [-0.39, 0.29) is 6.61 Å². The van der Waals surface area contributed by atoms with Crippen LogP contribution < -0.4 is 4.90 Å². The average molecular weight is 260 g/mol. The fourth-order valence-electron chi connectivity index (χ4n) is 2.42. The predicted octanol–water partition coefficient (Wildman–Crippen LogP) is 2.89. The van der Waals surface area contributed by atoms with Crippen LogP contribution in [0.25, 0.3) is 0 Å². The van der Waals surface area contributed by atoms with Crippen LogP contribution in [0, 0.1) is 0 Å². The molecule has 1 aliphatic rings. The Morgan fingerprint density at radius 2 is 2.22 bits per heavy atom. The molecule has 0 amide bonds. The minimum Gasteiger partial charge on any atom is -0.391 e. The number of aliphatic hydroxyl groups is 1. The van der Waals surface area contributed by atoms with Crippen molar-refractivity contribution in [2.45, 2.75) is 26.4 Å². The number of aromatic nitrogens is 1. The van der Waals surface area contributed by atoms with Crippen LogP contribution >= 0.6 is 11.3 Å². The Bertz CT molecular complexity index is 543. The number of nitrogens with zero attached hydrogens (tertiary/aromatic N) is 2. The van der Waals surface area contributed by atoms with Crippen LogP contribution in [0.4, 0.5) is 10.8 Å². The summed E-state index contributed by atoms with van der Waals surface area (Å²) in [7, 11) is 0. The van der Waals surface area contributed by atoms with Gasteiger partial charge >= 0.3 is 0 Å². The first-order valence-electron chi connectivity index (χ1n) is 6.28. The van der Waals surface area contributed by atoms with E-state index in [1.54, 1.807) is 11.3 Å². The van der Waals surface area contributed by atoms with E-state index in [1.165, 1.54) is 11.3 Å². The van der Waals surface area contributed by atoms with Crippen LogP contribution in [0.3, 0.4) is 0 Å². The summed E-state index contributed by atoms with van der Waals surface area (Å²) in [6, 6.07) is 8.48. The van der Waals surface area contributed by atoms with Crippen molar-refractivity contribution in [1.29, 1.82) is 0 Å². The van der Waals surface area contributed by atoms with E-state index in [0.29, 0.717) is 0 Å². The lowest BCUT2D eigenvalue weighted by atomic mass is 10.2. The van der Waals surface area contributed by atoms with Gasteiger partial charge in [-0.3, -0.25) is 0 Å². The highest BCUT2D eigenvalue weighted by Gasteiger charge is 2.23. The molecule has 2 heterocycles. The number of aliphatic hydroxyl groups excluding tert-OH is 1. The Kier molecular flexibility index (Phi) is 3.06. The number of benzene rings is 1. The summed E-state index contributed by atoms with van der Waals surface area (Å²) in [4.78, 5) is 7.92. The van der Waals surface area contributed by atoms with Crippen molar-refractivity contribution in [1.82, 2.24) is 4.98 Å². The highest BCUT2D eigenvalue weighted by atomic mass is 32.1. The largest absolute Gasteiger partial charge is 0.391 e. The van der Waals surface area contributed by atoms with Crippen LogP contribution in [0.1, 0.15) is 23.1 Å². The Morgan fingerprint density at radius 3 is 2.94 bits per heavy atom. The minimum atomic E-state index is 0.0936. The zero-order valence-corrected chi connectivity index (χ0v) is 11.2. The number of thiazole rings is 1. The van der Waals surface area contributed by atoms with Gasteiger partial charge < -0.3 is 10.0 Å². The van der Waals surface area contributed by atoms with Crippen molar-refractivity contribution in [3.63, 3.8) is 0 Å². The number of rotatable bonds is 3. The van der Waals surface area contributed by atoms with Crippen LogP contribution in [0.15, 0.2) is 24.3 Å². The fourth-order valence-corrected chi connectivity index (χ4v) is 3.47. The maximum Gasteiger partial charge on any atom is 0.190 e. The van der Waals surface area contributed by atoms with Crippen LogP contribution in [-0.2, 0) is 19.4 Å². The quantitative estimate of drug-likeness (QED) is 0.922. The van der Waals surface area contributed by atoms with Crippen molar-refractivity contribution in [3.8, 4) is 0 Å². The molecule has 2 aromatic rings. The Hall–Kier alpha value is -1.39. The number of hydrogen-bond donors (Lipinski definition) is 1. The lowest BCUT2D eigenvalue weighted by Crippen LogP contribution is -2.12. The standard InChI is InChI=1S/C14H16N2OS/c1-2-11-13(9-17)18-14(15-11)16-8-7-10-5-3-4-6-12(10)16/h3-6,17H,2,7-9H2,1H3. The van der Waals surface area contributed by atoms with Gasteiger partial charge in [-0.05, 0) is 24.5 Å². The second kappa shape index (κ2) is 4.71. The van der Waals surface area contributed by atoms with E-state index in [1.807, 2.05) is 0 Å². The Morgan fingerprint density at radius 1 is 1.39 bits per heavy atom. The average Bonchev–Trinajstić information content (AvgIpc) is 3.01. The van der Waals surface area contributed by atoms with E-state index >= 15 is 0 Å². The third-order valence-electron chi connectivity index (χ3n) is 3.36. The Balaban J connectivity index is 1.99. The molecule has 0 saturated carbocycles. The molecular formula is C14H16N2OS. The van der Waals surface area contributed by atoms with Crippen molar-refractivity contribution >= 4 is 22.2 Å². The summed E-state index contributed by atoms with van der Waals surface area (Å²) in [6.07, 6.45) is 1.95. The number of aryl methyl sites for hydroxylation is 1. The fraction of sp³-hybridized carbons (Fsp3) is 0.357. The monoisotopic (exact) mass is 260 g/mol.